The van der Waals surface area contributed by atoms with Crippen molar-refractivity contribution >= 4 is 32.6 Å². The van der Waals surface area contributed by atoms with Gasteiger partial charge in [-0.1, -0.05) is 15.9 Å². The first-order chi connectivity index (χ1) is 12.9. The molecule has 2 aromatic heterocycles. The quantitative estimate of drug-likeness (QED) is 0.522. The van der Waals surface area contributed by atoms with Crippen LogP contribution in [-0.4, -0.2) is 40.6 Å². The molecule has 0 radical (unpaired) electrons. The standard InChI is InChI=1S/C20H22BrN3O3/c1-12-7-16(14(3)24(12)13(2)9-26-4)19(25)10-27-20-17-8-15(21)5-6-18(17)22-11-23-20/h5-8,11,13H,9-10H2,1-4H3. The zero-order valence-corrected chi connectivity index (χ0v) is 17.4. The maximum absolute atomic E-state index is 12.8. The lowest BCUT2D eigenvalue weighted by atomic mass is 10.1. The van der Waals surface area contributed by atoms with E-state index in [-0.39, 0.29) is 18.4 Å². The van der Waals surface area contributed by atoms with E-state index in [1.165, 1.54) is 6.33 Å². The monoisotopic (exact) mass is 431 g/mol. The molecular weight excluding hydrogens is 410 g/mol. The number of aromatic nitrogens is 3. The number of benzene rings is 1. The van der Waals surface area contributed by atoms with Gasteiger partial charge in [0.2, 0.25) is 11.7 Å². The number of Topliss-reactive ketones (excluding diaryl/α,β-unsaturated/α-hetero) is 1. The summed E-state index contributed by atoms with van der Waals surface area (Å²) < 4.78 is 14.0. The predicted octanol–water partition coefficient (Wildman–Crippen LogP) is 4.28. The van der Waals surface area contributed by atoms with E-state index in [0.717, 1.165) is 26.8 Å². The van der Waals surface area contributed by atoms with Crippen LogP contribution in [0.25, 0.3) is 10.9 Å². The summed E-state index contributed by atoms with van der Waals surface area (Å²) in [6.07, 6.45) is 1.44. The number of methoxy groups -OCH3 is 1. The van der Waals surface area contributed by atoms with Crippen LogP contribution in [-0.2, 0) is 4.74 Å². The highest BCUT2D eigenvalue weighted by atomic mass is 79.9. The zero-order valence-electron chi connectivity index (χ0n) is 15.8. The van der Waals surface area contributed by atoms with Crippen molar-refractivity contribution in [2.45, 2.75) is 26.8 Å². The molecule has 142 valence electrons. The van der Waals surface area contributed by atoms with Crippen LogP contribution in [0.5, 0.6) is 5.88 Å². The van der Waals surface area contributed by atoms with Crippen LogP contribution in [0.4, 0.5) is 0 Å². The highest BCUT2D eigenvalue weighted by Gasteiger charge is 2.19. The van der Waals surface area contributed by atoms with E-state index in [9.17, 15) is 4.79 Å². The van der Waals surface area contributed by atoms with Crippen molar-refractivity contribution in [2.75, 3.05) is 20.3 Å². The lowest BCUT2D eigenvalue weighted by Crippen LogP contribution is -2.16. The van der Waals surface area contributed by atoms with Gasteiger partial charge < -0.3 is 14.0 Å². The molecule has 0 saturated carbocycles. The minimum absolute atomic E-state index is 0.0818. The molecule has 0 bridgehead atoms. The van der Waals surface area contributed by atoms with Gasteiger partial charge in [0.15, 0.2) is 6.61 Å². The maximum Gasteiger partial charge on any atom is 0.224 e. The van der Waals surface area contributed by atoms with Gasteiger partial charge in [-0.3, -0.25) is 4.79 Å². The maximum atomic E-state index is 12.8. The molecule has 27 heavy (non-hydrogen) atoms. The second-order valence-electron chi connectivity index (χ2n) is 6.51. The van der Waals surface area contributed by atoms with Gasteiger partial charge in [-0.15, -0.1) is 0 Å². The molecule has 1 unspecified atom stereocenters. The number of ketones is 1. The largest absolute Gasteiger partial charge is 0.469 e. The molecule has 0 saturated heterocycles. The van der Waals surface area contributed by atoms with E-state index < -0.39 is 0 Å². The Bertz CT molecular complexity index is 984. The van der Waals surface area contributed by atoms with Crippen molar-refractivity contribution < 1.29 is 14.3 Å². The second-order valence-corrected chi connectivity index (χ2v) is 7.43. The number of hydrogen-bond acceptors (Lipinski definition) is 5. The summed E-state index contributed by atoms with van der Waals surface area (Å²) in [5.41, 5.74) is 3.37. The Labute approximate surface area is 166 Å². The van der Waals surface area contributed by atoms with E-state index in [2.05, 4.69) is 37.4 Å². The van der Waals surface area contributed by atoms with Gasteiger partial charge >= 0.3 is 0 Å². The topological polar surface area (TPSA) is 66.2 Å². The number of carbonyl (C=O) groups excluding carboxylic acids is 1. The van der Waals surface area contributed by atoms with Crippen molar-refractivity contribution in [3.05, 3.63) is 52.0 Å². The Hall–Kier alpha value is -2.25. The molecule has 0 fully saturated rings. The summed E-state index contributed by atoms with van der Waals surface area (Å²) in [6, 6.07) is 7.72. The van der Waals surface area contributed by atoms with Crippen LogP contribution in [0.1, 0.15) is 34.7 Å². The van der Waals surface area contributed by atoms with Crippen molar-refractivity contribution in [1.29, 1.82) is 0 Å². The van der Waals surface area contributed by atoms with Gasteiger partial charge in [0, 0.05) is 28.5 Å². The summed E-state index contributed by atoms with van der Waals surface area (Å²) in [6.45, 7) is 6.51. The average molecular weight is 432 g/mol. The second kappa shape index (κ2) is 8.19. The molecule has 0 amide bonds. The third kappa shape index (κ3) is 4.04. The lowest BCUT2D eigenvalue weighted by molar-refractivity contribution is 0.0918. The number of halogens is 1. The predicted molar refractivity (Wildman–Crippen MR) is 108 cm³/mol. The molecule has 0 spiro atoms. The molecule has 1 atom stereocenters. The van der Waals surface area contributed by atoms with Crippen LogP contribution in [0.3, 0.4) is 0 Å². The number of aryl methyl sites for hydroxylation is 1. The Balaban J connectivity index is 1.81. The lowest BCUT2D eigenvalue weighted by Gasteiger charge is -2.17. The smallest absolute Gasteiger partial charge is 0.224 e. The number of carbonyl (C=O) groups is 1. The minimum Gasteiger partial charge on any atom is -0.469 e. The summed E-state index contributed by atoms with van der Waals surface area (Å²) in [5.74, 6) is 0.317. The van der Waals surface area contributed by atoms with E-state index in [1.807, 2.05) is 38.1 Å². The van der Waals surface area contributed by atoms with Crippen molar-refractivity contribution in [3.8, 4) is 5.88 Å². The summed E-state index contributed by atoms with van der Waals surface area (Å²) in [5, 5.41) is 0.763. The van der Waals surface area contributed by atoms with E-state index in [1.54, 1.807) is 7.11 Å². The van der Waals surface area contributed by atoms with Crippen molar-refractivity contribution in [1.82, 2.24) is 14.5 Å². The molecule has 0 aliphatic carbocycles. The van der Waals surface area contributed by atoms with E-state index in [0.29, 0.717) is 18.1 Å². The van der Waals surface area contributed by atoms with Crippen LogP contribution in [0.15, 0.2) is 35.1 Å². The fourth-order valence-electron chi connectivity index (χ4n) is 3.39. The third-order valence-electron chi connectivity index (χ3n) is 4.53. The van der Waals surface area contributed by atoms with Crippen molar-refractivity contribution in [2.24, 2.45) is 0 Å². The zero-order chi connectivity index (χ0) is 19.6. The average Bonchev–Trinajstić information content (AvgIpc) is 2.94. The molecule has 3 aromatic rings. The molecule has 0 aliphatic heterocycles. The molecule has 2 heterocycles. The molecule has 1 aromatic carbocycles. The van der Waals surface area contributed by atoms with E-state index >= 15 is 0 Å². The SMILES string of the molecule is COCC(C)n1c(C)cc(C(=O)COc2ncnc3ccc(Br)cc23)c1C. The van der Waals surface area contributed by atoms with Crippen LogP contribution < -0.4 is 4.74 Å². The Morgan fingerprint density at radius 3 is 2.78 bits per heavy atom. The van der Waals surface area contributed by atoms with Gasteiger partial charge in [-0.05, 0) is 45.0 Å². The first kappa shape index (κ1) is 19.5. The molecule has 0 N–H and O–H groups in total. The van der Waals surface area contributed by atoms with Gasteiger partial charge in [-0.25, -0.2) is 9.97 Å². The molecular formula is C20H22BrN3O3. The van der Waals surface area contributed by atoms with Gasteiger partial charge in [-0.2, -0.15) is 0 Å². The third-order valence-corrected chi connectivity index (χ3v) is 5.03. The van der Waals surface area contributed by atoms with Crippen LogP contribution in [0.2, 0.25) is 0 Å². The number of fused-ring (bicyclic) bond motifs is 1. The Morgan fingerprint density at radius 2 is 2.04 bits per heavy atom. The Morgan fingerprint density at radius 1 is 1.26 bits per heavy atom. The number of nitrogens with zero attached hydrogens (tertiary/aromatic N) is 3. The minimum atomic E-state index is -0.0827. The molecule has 3 rings (SSSR count). The first-order valence-electron chi connectivity index (χ1n) is 8.66. The summed E-state index contributed by atoms with van der Waals surface area (Å²) >= 11 is 3.44. The van der Waals surface area contributed by atoms with E-state index in [4.69, 9.17) is 9.47 Å². The van der Waals surface area contributed by atoms with Gasteiger partial charge in [0.1, 0.15) is 6.33 Å². The van der Waals surface area contributed by atoms with Crippen molar-refractivity contribution in [3.63, 3.8) is 0 Å². The molecule has 7 heteroatoms. The fraction of sp³-hybridized carbons (Fsp3) is 0.350. The Kier molecular flexibility index (Phi) is 5.92. The van der Waals surface area contributed by atoms with Gasteiger partial charge in [0.25, 0.3) is 0 Å². The van der Waals surface area contributed by atoms with Crippen LogP contribution >= 0.6 is 15.9 Å². The molecule has 6 nitrogen and oxygen atoms in total. The first-order valence-corrected chi connectivity index (χ1v) is 9.45. The molecule has 0 aliphatic rings. The summed E-state index contributed by atoms with van der Waals surface area (Å²) in [4.78, 5) is 21.2. The number of ether oxygens (including phenoxy) is 2. The fourth-order valence-corrected chi connectivity index (χ4v) is 3.75. The van der Waals surface area contributed by atoms with Gasteiger partial charge in [0.05, 0.1) is 23.6 Å². The summed E-state index contributed by atoms with van der Waals surface area (Å²) in [7, 11) is 1.68. The highest BCUT2D eigenvalue weighted by Crippen LogP contribution is 2.26. The highest BCUT2D eigenvalue weighted by molar-refractivity contribution is 9.10. The van der Waals surface area contributed by atoms with Crippen LogP contribution in [0, 0.1) is 13.8 Å². The number of rotatable bonds is 7. The normalized spacial score (nSPS) is 12.3. The number of hydrogen-bond donors (Lipinski definition) is 0.